The molecule has 0 amide bonds. The topological polar surface area (TPSA) is 25.4 Å². The van der Waals surface area contributed by atoms with Gasteiger partial charge in [0.2, 0.25) is 5.88 Å². The van der Waals surface area contributed by atoms with Crippen LogP contribution in [-0.4, -0.2) is 25.2 Å². The maximum absolute atomic E-state index is 5.93. The van der Waals surface area contributed by atoms with Gasteiger partial charge in [-0.25, -0.2) is 4.98 Å². The number of hydrogen-bond donors (Lipinski definition) is 0. The van der Waals surface area contributed by atoms with Crippen LogP contribution < -0.4 is 9.64 Å². The van der Waals surface area contributed by atoms with Crippen LogP contribution in [0.25, 0.3) is 21.9 Å². The molecule has 0 bridgehead atoms. The Labute approximate surface area is 143 Å². The van der Waals surface area contributed by atoms with Gasteiger partial charge in [-0.2, -0.15) is 0 Å². The molecule has 124 valence electrons. The van der Waals surface area contributed by atoms with Gasteiger partial charge in [-0.3, -0.25) is 0 Å². The molecule has 0 saturated heterocycles. The van der Waals surface area contributed by atoms with Gasteiger partial charge in [-0.05, 0) is 49.9 Å². The molecule has 0 atom stereocenters. The normalized spacial score (nSPS) is 11.1. The molecule has 0 aliphatic carbocycles. The fraction of sp³-hybridized carbons (Fsp3) is 0.286. The Hall–Kier alpha value is -2.55. The van der Waals surface area contributed by atoms with Crippen LogP contribution in [-0.2, 0) is 0 Å². The predicted molar refractivity (Wildman–Crippen MR) is 102 cm³/mol. The highest BCUT2D eigenvalue weighted by molar-refractivity contribution is 6.00. The number of aromatic nitrogens is 1. The second-order valence-corrected chi connectivity index (χ2v) is 6.53. The third kappa shape index (κ3) is 3.07. The standard InChI is InChI=1S/C21H24N2O/c1-14(2)24-21-19-9-7-6-8-18(19)20(15(3)22-21)16-10-12-17(13-11-16)23(4)5/h6-14H,1-5H3. The van der Waals surface area contributed by atoms with Crippen molar-refractivity contribution in [3.8, 4) is 17.0 Å². The SMILES string of the molecule is Cc1nc(OC(C)C)c2ccccc2c1-c1ccc(N(C)C)cc1. The molecule has 1 aromatic heterocycles. The number of pyridine rings is 1. The molecule has 0 unspecified atom stereocenters. The van der Waals surface area contributed by atoms with Gasteiger partial charge >= 0.3 is 0 Å². The lowest BCUT2D eigenvalue weighted by Crippen LogP contribution is -2.09. The summed E-state index contributed by atoms with van der Waals surface area (Å²) in [7, 11) is 4.10. The first-order valence-corrected chi connectivity index (χ1v) is 8.31. The van der Waals surface area contributed by atoms with E-state index in [9.17, 15) is 0 Å². The van der Waals surface area contributed by atoms with E-state index in [1.807, 2.05) is 19.9 Å². The Morgan fingerprint density at radius 3 is 2.12 bits per heavy atom. The van der Waals surface area contributed by atoms with Crippen LogP contribution in [0.4, 0.5) is 5.69 Å². The van der Waals surface area contributed by atoms with Crippen LogP contribution in [0.3, 0.4) is 0 Å². The Bertz CT molecular complexity index is 852. The average Bonchev–Trinajstić information content (AvgIpc) is 2.54. The number of benzene rings is 2. The summed E-state index contributed by atoms with van der Waals surface area (Å²) in [6.45, 7) is 6.11. The van der Waals surface area contributed by atoms with Crippen molar-refractivity contribution < 1.29 is 4.74 Å². The highest BCUT2D eigenvalue weighted by atomic mass is 16.5. The first kappa shape index (κ1) is 16.3. The first-order chi connectivity index (χ1) is 11.5. The van der Waals surface area contributed by atoms with E-state index in [0.717, 1.165) is 11.1 Å². The summed E-state index contributed by atoms with van der Waals surface area (Å²) in [6.07, 6.45) is 0.102. The number of hydrogen-bond acceptors (Lipinski definition) is 3. The lowest BCUT2D eigenvalue weighted by Gasteiger charge is -2.17. The lowest BCUT2D eigenvalue weighted by molar-refractivity contribution is 0.235. The van der Waals surface area contributed by atoms with E-state index in [4.69, 9.17) is 9.72 Å². The van der Waals surface area contributed by atoms with Gasteiger partial charge < -0.3 is 9.64 Å². The molecule has 1 heterocycles. The van der Waals surface area contributed by atoms with Gasteiger partial charge in [0.1, 0.15) is 0 Å². The van der Waals surface area contributed by atoms with Crippen molar-refractivity contribution in [1.29, 1.82) is 0 Å². The van der Waals surface area contributed by atoms with Gasteiger partial charge in [-0.15, -0.1) is 0 Å². The highest BCUT2D eigenvalue weighted by Gasteiger charge is 2.14. The summed E-state index contributed by atoms with van der Waals surface area (Å²) < 4.78 is 5.93. The molecule has 2 aromatic carbocycles. The molecule has 3 rings (SSSR count). The summed E-state index contributed by atoms with van der Waals surface area (Å²) in [5.74, 6) is 0.715. The minimum Gasteiger partial charge on any atom is -0.474 e. The van der Waals surface area contributed by atoms with Crippen molar-refractivity contribution in [2.45, 2.75) is 26.9 Å². The summed E-state index contributed by atoms with van der Waals surface area (Å²) in [5.41, 5.74) is 4.53. The summed E-state index contributed by atoms with van der Waals surface area (Å²) in [6, 6.07) is 16.9. The maximum atomic E-state index is 5.93. The largest absolute Gasteiger partial charge is 0.474 e. The number of fused-ring (bicyclic) bond motifs is 1. The third-order valence-electron chi connectivity index (χ3n) is 4.08. The lowest BCUT2D eigenvalue weighted by atomic mass is 9.97. The average molecular weight is 320 g/mol. The Kier molecular flexibility index (Phi) is 4.43. The summed E-state index contributed by atoms with van der Waals surface area (Å²) >= 11 is 0. The molecule has 0 spiro atoms. The van der Waals surface area contributed by atoms with Crippen molar-refractivity contribution in [3.63, 3.8) is 0 Å². The molecule has 3 nitrogen and oxygen atoms in total. The van der Waals surface area contributed by atoms with Crippen molar-refractivity contribution in [3.05, 3.63) is 54.2 Å². The molecule has 3 heteroatoms. The van der Waals surface area contributed by atoms with E-state index in [1.165, 1.54) is 22.2 Å². The van der Waals surface area contributed by atoms with Gasteiger partial charge in [0.15, 0.2) is 0 Å². The fourth-order valence-electron chi connectivity index (χ4n) is 2.95. The minimum absolute atomic E-state index is 0.102. The van der Waals surface area contributed by atoms with Gasteiger partial charge in [-0.1, -0.05) is 30.3 Å². The van der Waals surface area contributed by atoms with Crippen LogP contribution >= 0.6 is 0 Å². The van der Waals surface area contributed by atoms with Crippen molar-refractivity contribution in [2.75, 3.05) is 19.0 Å². The van der Waals surface area contributed by atoms with E-state index < -0.39 is 0 Å². The molecule has 0 aliphatic heterocycles. The van der Waals surface area contributed by atoms with Crippen molar-refractivity contribution >= 4 is 16.5 Å². The predicted octanol–water partition coefficient (Wildman–Crippen LogP) is 5.06. The van der Waals surface area contributed by atoms with Crippen molar-refractivity contribution in [1.82, 2.24) is 4.98 Å². The maximum Gasteiger partial charge on any atom is 0.221 e. The zero-order valence-electron chi connectivity index (χ0n) is 15.0. The van der Waals surface area contributed by atoms with Crippen LogP contribution in [0, 0.1) is 6.92 Å². The highest BCUT2D eigenvalue weighted by Crippen LogP contribution is 2.36. The van der Waals surface area contributed by atoms with Crippen LogP contribution in [0.2, 0.25) is 0 Å². The van der Waals surface area contributed by atoms with E-state index in [2.05, 4.69) is 68.4 Å². The molecule has 3 aromatic rings. The first-order valence-electron chi connectivity index (χ1n) is 8.31. The number of rotatable bonds is 4. The Balaban J connectivity index is 2.19. The smallest absolute Gasteiger partial charge is 0.221 e. The van der Waals surface area contributed by atoms with Crippen LogP contribution in [0.5, 0.6) is 5.88 Å². The van der Waals surface area contributed by atoms with E-state index in [0.29, 0.717) is 5.88 Å². The van der Waals surface area contributed by atoms with E-state index in [1.54, 1.807) is 0 Å². The third-order valence-corrected chi connectivity index (χ3v) is 4.08. The van der Waals surface area contributed by atoms with E-state index in [-0.39, 0.29) is 6.10 Å². The van der Waals surface area contributed by atoms with Crippen molar-refractivity contribution in [2.24, 2.45) is 0 Å². The zero-order valence-corrected chi connectivity index (χ0v) is 15.0. The molecule has 0 radical (unpaired) electrons. The second-order valence-electron chi connectivity index (χ2n) is 6.53. The van der Waals surface area contributed by atoms with Gasteiger partial charge in [0.05, 0.1) is 6.10 Å². The minimum atomic E-state index is 0.102. The quantitative estimate of drug-likeness (QED) is 0.671. The van der Waals surface area contributed by atoms with Gasteiger partial charge in [0, 0.05) is 36.4 Å². The molecule has 0 fully saturated rings. The molecular formula is C21H24N2O. The van der Waals surface area contributed by atoms with Crippen LogP contribution in [0.15, 0.2) is 48.5 Å². The summed E-state index contributed by atoms with van der Waals surface area (Å²) in [4.78, 5) is 6.85. The molecule has 0 N–H and O–H groups in total. The van der Waals surface area contributed by atoms with Gasteiger partial charge in [0.25, 0.3) is 0 Å². The number of ether oxygens (including phenoxy) is 1. The summed E-state index contributed by atoms with van der Waals surface area (Å²) in [5, 5.41) is 2.24. The molecule has 0 saturated carbocycles. The Morgan fingerprint density at radius 2 is 1.54 bits per heavy atom. The Morgan fingerprint density at radius 1 is 0.917 bits per heavy atom. The zero-order chi connectivity index (χ0) is 17.3. The molecule has 0 aliphatic rings. The van der Waals surface area contributed by atoms with E-state index >= 15 is 0 Å². The number of aryl methyl sites for hydroxylation is 1. The number of nitrogens with zero attached hydrogens (tertiary/aromatic N) is 2. The monoisotopic (exact) mass is 320 g/mol. The molecule has 24 heavy (non-hydrogen) atoms. The molecular weight excluding hydrogens is 296 g/mol. The fourth-order valence-corrected chi connectivity index (χ4v) is 2.95. The second kappa shape index (κ2) is 6.52. The number of anilines is 1. The van der Waals surface area contributed by atoms with Crippen LogP contribution in [0.1, 0.15) is 19.5 Å².